The zero-order chi connectivity index (χ0) is 10.6. The summed E-state index contributed by atoms with van der Waals surface area (Å²) in [6, 6.07) is 0.223. The van der Waals surface area contributed by atoms with Crippen LogP contribution in [-0.2, 0) is 0 Å². The molecule has 0 bridgehead atoms. The maximum absolute atomic E-state index is 8.96. The van der Waals surface area contributed by atoms with Gasteiger partial charge in [0.15, 0.2) is 0 Å². The molecule has 1 rings (SSSR count). The zero-order valence-electron chi connectivity index (χ0n) is 8.82. The van der Waals surface area contributed by atoms with Gasteiger partial charge in [0.05, 0.1) is 0 Å². The highest BCUT2D eigenvalue weighted by Gasteiger charge is 2.24. The molecule has 1 heterocycles. The Morgan fingerprint density at radius 3 is 2.71 bits per heavy atom. The summed E-state index contributed by atoms with van der Waals surface area (Å²) in [5, 5.41) is 13.1. The molecular formula is C9H17N3OS. The molecule has 1 unspecified atom stereocenters. The molecule has 1 aromatic heterocycles. The highest BCUT2D eigenvalue weighted by Crippen LogP contribution is 2.25. The molecule has 1 atom stereocenters. The fraction of sp³-hybridized carbons (Fsp3) is 0.778. The maximum atomic E-state index is 8.96. The highest BCUT2D eigenvalue weighted by atomic mass is 32.1. The van der Waals surface area contributed by atoms with E-state index in [9.17, 15) is 0 Å². The normalized spacial score (nSPS) is 14.0. The lowest BCUT2D eigenvalue weighted by Crippen LogP contribution is -2.34. The number of hydrogen-bond donors (Lipinski definition) is 2. The van der Waals surface area contributed by atoms with E-state index < -0.39 is 0 Å². The molecule has 1 aromatic rings. The number of aromatic nitrogens is 2. The van der Waals surface area contributed by atoms with E-state index in [1.54, 1.807) is 0 Å². The summed E-state index contributed by atoms with van der Waals surface area (Å²) in [4.78, 5) is 4.07. The summed E-state index contributed by atoms with van der Waals surface area (Å²) in [5.41, 5.74) is 0.106. The molecule has 2 N–H and O–H groups in total. The lowest BCUT2D eigenvalue weighted by Gasteiger charge is -2.30. The van der Waals surface area contributed by atoms with Crippen LogP contribution in [0.15, 0.2) is 6.33 Å². The molecule has 0 spiro atoms. The minimum absolute atomic E-state index is 0.106. The molecule has 0 aliphatic rings. The summed E-state index contributed by atoms with van der Waals surface area (Å²) >= 11 is 1.34. The summed E-state index contributed by atoms with van der Waals surface area (Å²) in [6.45, 7) is 6.61. The number of nitrogens with zero attached hydrogens (tertiary/aromatic N) is 2. The molecule has 0 saturated heterocycles. The van der Waals surface area contributed by atoms with Crippen LogP contribution >= 0.6 is 11.5 Å². The predicted molar refractivity (Wildman–Crippen MR) is 58.5 cm³/mol. The Balaban J connectivity index is 2.60. The van der Waals surface area contributed by atoms with Crippen LogP contribution in [0.4, 0.5) is 5.13 Å². The first-order valence-electron chi connectivity index (χ1n) is 4.68. The van der Waals surface area contributed by atoms with Crippen LogP contribution in [0, 0.1) is 5.41 Å². The number of anilines is 1. The van der Waals surface area contributed by atoms with Crippen molar-refractivity contribution >= 4 is 16.7 Å². The first kappa shape index (κ1) is 11.4. The van der Waals surface area contributed by atoms with Crippen LogP contribution in [0.5, 0.6) is 0 Å². The van der Waals surface area contributed by atoms with Gasteiger partial charge in [-0.15, -0.1) is 0 Å². The molecule has 5 heteroatoms. The number of nitrogens with one attached hydrogen (secondary N) is 1. The fourth-order valence-corrected chi connectivity index (χ4v) is 1.72. The van der Waals surface area contributed by atoms with Crippen molar-refractivity contribution in [3.63, 3.8) is 0 Å². The van der Waals surface area contributed by atoms with Crippen molar-refractivity contribution in [2.45, 2.75) is 33.2 Å². The van der Waals surface area contributed by atoms with E-state index in [4.69, 9.17) is 5.11 Å². The van der Waals surface area contributed by atoms with E-state index in [-0.39, 0.29) is 18.1 Å². The van der Waals surface area contributed by atoms with Crippen molar-refractivity contribution in [2.24, 2.45) is 5.41 Å². The topological polar surface area (TPSA) is 58.0 Å². The first-order valence-corrected chi connectivity index (χ1v) is 5.45. The minimum atomic E-state index is 0.106. The van der Waals surface area contributed by atoms with Gasteiger partial charge in [0.1, 0.15) is 6.33 Å². The lowest BCUT2D eigenvalue weighted by molar-refractivity contribution is 0.235. The summed E-state index contributed by atoms with van der Waals surface area (Å²) < 4.78 is 3.92. The number of rotatable bonds is 4. The van der Waals surface area contributed by atoms with E-state index in [0.717, 1.165) is 11.6 Å². The number of aliphatic hydroxyl groups excluding tert-OH is 1. The molecule has 0 fully saturated rings. The lowest BCUT2D eigenvalue weighted by atomic mass is 9.85. The molecule has 4 nitrogen and oxygen atoms in total. The predicted octanol–water partition coefficient (Wildman–Crippen LogP) is 1.75. The van der Waals surface area contributed by atoms with Gasteiger partial charge in [-0.25, -0.2) is 4.98 Å². The van der Waals surface area contributed by atoms with Gasteiger partial charge in [-0.1, -0.05) is 20.8 Å². The van der Waals surface area contributed by atoms with Crippen LogP contribution in [0.25, 0.3) is 0 Å². The largest absolute Gasteiger partial charge is 0.396 e. The molecule has 0 radical (unpaired) electrons. The van der Waals surface area contributed by atoms with E-state index in [1.165, 1.54) is 17.9 Å². The van der Waals surface area contributed by atoms with Crippen LogP contribution in [0.2, 0.25) is 0 Å². The van der Waals surface area contributed by atoms with E-state index >= 15 is 0 Å². The molecule has 0 aliphatic carbocycles. The zero-order valence-corrected chi connectivity index (χ0v) is 9.64. The molecule has 0 amide bonds. The third kappa shape index (κ3) is 3.23. The molecular weight excluding hydrogens is 198 g/mol. The molecule has 0 saturated carbocycles. The SMILES string of the molecule is CC(C)(C)C(CCO)Nc1ncns1. The van der Waals surface area contributed by atoms with Gasteiger partial charge in [-0.2, -0.15) is 4.37 Å². The average molecular weight is 215 g/mol. The first-order chi connectivity index (χ1) is 6.54. The van der Waals surface area contributed by atoms with E-state index in [2.05, 4.69) is 35.4 Å². The Bertz CT molecular complexity index is 256. The van der Waals surface area contributed by atoms with Crippen molar-refractivity contribution < 1.29 is 5.11 Å². The van der Waals surface area contributed by atoms with Gasteiger partial charge in [-0.3, -0.25) is 0 Å². The number of hydrogen-bond acceptors (Lipinski definition) is 5. The average Bonchev–Trinajstić information content (AvgIpc) is 2.54. The summed E-state index contributed by atoms with van der Waals surface area (Å²) in [5.74, 6) is 0. The van der Waals surface area contributed by atoms with Gasteiger partial charge in [-0.05, 0) is 11.8 Å². The Hall–Kier alpha value is -0.680. The maximum Gasteiger partial charge on any atom is 0.202 e. The van der Waals surface area contributed by atoms with Gasteiger partial charge < -0.3 is 10.4 Å². The van der Waals surface area contributed by atoms with Gasteiger partial charge in [0.2, 0.25) is 5.13 Å². The second-order valence-electron chi connectivity index (χ2n) is 4.32. The fourth-order valence-electron chi connectivity index (χ4n) is 1.24. The second-order valence-corrected chi connectivity index (χ2v) is 5.10. The Morgan fingerprint density at radius 2 is 2.29 bits per heavy atom. The highest BCUT2D eigenvalue weighted by molar-refractivity contribution is 7.09. The smallest absolute Gasteiger partial charge is 0.202 e. The van der Waals surface area contributed by atoms with Crippen LogP contribution in [0.1, 0.15) is 27.2 Å². The van der Waals surface area contributed by atoms with Gasteiger partial charge in [0, 0.05) is 24.2 Å². The van der Waals surface area contributed by atoms with Crippen LogP contribution in [-0.4, -0.2) is 27.1 Å². The Labute approximate surface area is 88.6 Å². The van der Waals surface area contributed by atoms with Crippen molar-refractivity contribution in [2.75, 3.05) is 11.9 Å². The molecule has 80 valence electrons. The second kappa shape index (κ2) is 4.70. The molecule has 0 aliphatic heterocycles. The third-order valence-corrected chi connectivity index (χ3v) is 2.72. The van der Waals surface area contributed by atoms with Gasteiger partial charge >= 0.3 is 0 Å². The van der Waals surface area contributed by atoms with Crippen molar-refractivity contribution in [1.82, 2.24) is 9.36 Å². The number of aliphatic hydroxyl groups is 1. The van der Waals surface area contributed by atoms with Crippen molar-refractivity contribution in [3.05, 3.63) is 6.33 Å². The Kier molecular flexibility index (Phi) is 3.83. The van der Waals surface area contributed by atoms with E-state index in [1.807, 2.05) is 0 Å². The molecule has 0 aromatic carbocycles. The van der Waals surface area contributed by atoms with Crippen molar-refractivity contribution in [3.8, 4) is 0 Å². The van der Waals surface area contributed by atoms with E-state index in [0.29, 0.717) is 0 Å². The van der Waals surface area contributed by atoms with Gasteiger partial charge in [0.25, 0.3) is 0 Å². The van der Waals surface area contributed by atoms with Crippen molar-refractivity contribution in [1.29, 1.82) is 0 Å². The summed E-state index contributed by atoms with van der Waals surface area (Å²) in [7, 11) is 0. The Morgan fingerprint density at radius 1 is 1.57 bits per heavy atom. The summed E-state index contributed by atoms with van der Waals surface area (Å²) in [6.07, 6.45) is 2.26. The van der Waals surface area contributed by atoms with Crippen LogP contribution in [0.3, 0.4) is 0 Å². The van der Waals surface area contributed by atoms with Crippen LogP contribution < -0.4 is 5.32 Å². The molecule has 14 heavy (non-hydrogen) atoms. The monoisotopic (exact) mass is 215 g/mol. The third-order valence-electron chi connectivity index (χ3n) is 2.12. The quantitative estimate of drug-likeness (QED) is 0.803. The minimum Gasteiger partial charge on any atom is -0.396 e. The standard InChI is InChI=1S/C9H17N3OS/c1-9(2,3)7(4-5-13)12-8-10-6-11-14-8/h6-7,13H,4-5H2,1-3H3,(H,10,11,12).